The van der Waals surface area contributed by atoms with Gasteiger partial charge >= 0.3 is 6.09 Å². The van der Waals surface area contributed by atoms with Crippen molar-refractivity contribution < 1.29 is 14.3 Å². The van der Waals surface area contributed by atoms with Crippen molar-refractivity contribution in [2.45, 2.75) is 39.3 Å². The molecule has 140 valence electrons. The van der Waals surface area contributed by atoms with Gasteiger partial charge in [-0.05, 0) is 34.9 Å². The van der Waals surface area contributed by atoms with E-state index >= 15 is 0 Å². The van der Waals surface area contributed by atoms with Crippen LogP contribution in [0.15, 0.2) is 0 Å². The molecule has 0 aliphatic carbocycles. The smallest absolute Gasteiger partial charge is 0.410 e. The molecule has 8 nitrogen and oxygen atoms in total. The van der Waals surface area contributed by atoms with Crippen molar-refractivity contribution in [3.8, 4) is 0 Å². The first-order valence-corrected chi connectivity index (χ1v) is 8.54. The number of aryl methyl sites for hydroxylation is 1. The summed E-state index contributed by atoms with van der Waals surface area (Å²) in [5.74, 6) is -0.204. The van der Waals surface area contributed by atoms with E-state index in [1.165, 1.54) is 0 Å². The third-order valence-corrected chi connectivity index (χ3v) is 3.95. The van der Waals surface area contributed by atoms with E-state index in [1.807, 2.05) is 46.8 Å². The fourth-order valence-electron chi connectivity index (χ4n) is 2.73. The lowest BCUT2D eigenvalue weighted by Gasteiger charge is -2.30. The number of nitrogens with zero attached hydrogens (tertiary/aromatic N) is 4. The number of carbonyl (C=O) groups excluding carboxylic acids is 2. The number of aromatic nitrogens is 2. The lowest BCUT2D eigenvalue weighted by molar-refractivity contribution is 0.0221. The van der Waals surface area contributed by atoms with Gasteiger partial charge in [0, 0.05) is 44.4 Å². The van der Waals surface area contributed by atoms with E-state index in [0.717, 1.165) is 17.8 Å². The largest absolute Gasteiger partial charge is 0.444 e. The van der Waals surface area contributed by atoms with Crippen LogP contribution < -0.4 is 5.32 Å². The molecule has 2 heterocycles. The van der Waals surface area contributed by atoms with Crippen LogP contribution >= 0.6 is 0 Å². The minimum atomic E-state index is -0.543. The zero-order chi connectivity index (χ0) is 18.8. The monoisotopic (exact) mass is 351 g/mol. The summed E-state index contributed by atoms with van der Waals surface area (Å²) in [5.41, 5.74) is 1.66. The van der Waals surface area contributed by atoms with E-state index in [-0.39, 0.29) is 12.0 Å². The average molecular weight is 351 g/mol. The molecule has 25 heavy (non-hydrogen) atoms. The number of fused-ring (bicyclic) bond motifs is 1. The Kier molecular flexibility index (Phi) is 5.72. The van der Waals surface area contributed by atoms with Gasteiger partial charge in [-0.2, -0.15) is 5.10 Å². The fraction of sp³-hybridized carbons (Fsp3) is 0.706. The highest BCUT2D eigenvalue weighted by Gasteiger charge is 2.31. The minimum absolute atomic E-state index is 0.204. The average Bonchev–Trinajstić information content (AvgIpc) is 2.82. The van der Waals surface area contributed by atoms with Gasteiger partial charge in [0.25, 0.3) is 5.91 Å². The van der Waals surface area contributed by atoms with Gasteiger partial charge in [0.15, 0.2) is 5.69 Å². The van der Waals surface area contributed by atoms with Crippen molar-refractivity contribution >= 4 is 12.0 Å². The molecule has 1 aliphatic heterocycles. The number of hydrogen-bond donors (Lipinski definition) is 1. The quantitative estimate of drug-likeness (QED) is 0.876. The molecule has 2 amide bonds. The molecular weight excluding hydrogens is 322 g/mol. The molecule has 0 saturated heterocycles. The van der Waals surface area contributed by atoms with Gasteiger partial charge in [0.2, 0.25) is 0 Å². The van der Waals surface area contributed by atoms with E-state index in [1.54, 1.807) is 9.58 Å². The number of amides is 2. The third kappa shape index (κ3) is 4.94. The van der Waals surface area contributed by atoms with Crippen LogP contribution in [0.4, 0.5) is 4.79 Å². The summed E-state index contributed by atoms with van der Waals surface area (Å²) >= 11 is 0. The van der Waals surface area contributed by atoms with Crippen LogP contribution in [0.3, 0.4) is 0 Å². The predicted octanol–water partition coefficient (Wildman–Crippen LogP) is 1.00. The molecule has 0 bridgehead atoms. The van der Waals surface area contributed by atoms with Gasteiger partial charge in [-0.1, -0.05) is 0 Å². The van der Waals surface area contributed by atoms with Gasteiger partial charge in [-0.25, -0.2) is 4.79 Å². The van der Waals surface area contributed by atoms with Crippen LogP contribution in [-0.4, -0.2) is 70.9 Å². The Morgan fingerprint density at radius 1 is 1.32 bits per heavy atom. The summed E-state index contributed by atoms with van der Waals surface area (Å²) in [7, 11) is 5.74. The van der Waals surface area contributed by atoms with E-state index in [4.69, 9.17) is 4.74 Å². The highest BCUT2D eigenvalue weighted by atomic mass is 16.6. The maximum Gasteiger partial charge on any atom is 0.410 e. The third-order valence-electron chi connectivity index (χ3n) is 3.95. The Balaban J connectivity index is 2.12. The SMILES string of the molecule is CN(C)CCNC(=O)c1nn(C)c2c1CN(C(=O)OC(C)(C)C)CC2. The van der Waals surface area contributed by atoms with Gasteiger partial charge in [-0.3, -0.25) is 9.48 Å². The van der Waals surface area contributed by atoms with Crippen molar-refractivity contribution in [2.75, 3.05) is 33.7 Å². The molecule has 0 aromatic carbocycles. The number of rotatable bonds is 4. The first kappa shape index (κ1) is 19.2. The second-order valence-electron chi connectivity index (χ2n) is 7.61. The summed E-state index contributed by atoms with van der Waals surface area (Å²) in [4.78, 5) is 28.4. The van der Waals surface area contributed by atoms with Crippen LogP contribution in [0, 0.1) is 0 Å². The first-order valence-electron chi connectivity index (χ1n) is 8.54. The lowest BCUT2D eigenvalue weighted by atomic mass is 10.1. The van der Waals surface area contributed by atoms with Crippen molar-refractivity contribution in [1.29, 1.82) is 0 Å². The zero-order valence-corrected chi connectivity index (χ0v) is 16.0. The second-order valence-corrected chi connectivity index (χ2v) is 7.61. The Bertz CT molecular complexity index is 645. The maximum absolute atomic E-state index is 12.5. The Labute approximate surface area is 149 Å². The molecule has 1 aromatic rings. The van der Waals surface area contributed by atoms with Crippen LogP contribution in [0.2, 0.25) is 0 Å². The highest BCUT2D eigenvalue weighted by molar-refractivity contribution is 5.94. The molecule has 1 aromatic heterocycles. The Morgan fingerprint density at radius 3 is 2.60 bits per heavy atom. The topological polar surface area (TPSA) is 79.7 Å². The van der Waals surface area contributed by atoms with Gasteiger partial charge < -0.3 is 19.9 Å². The highest BCUT2D eigenvalue weighted by Crippen LogP contribution is 2.23. The van der Waals surface area contributed by atoms with E-state index in [2.05, 4.69) is 10.4 Å². The maximum atomic E-state index is 12.5. The molecule has 1 N–H and O–H groups in total. The first-order chi connectivity index (χ1) is 11.6. The molecule has 0 radical (unpaired) electrons. The predicted molar refractivity (Wildman–Crippen MR) is 94.4 cm³/mol. The minimum Gasteiger partial charge on any atom is -0.444 e. The molecule has 2 rings (SSSR count). The van der Waals surface area contributed by atoms with Crippen molar-refractivity contribution in [3.05, 3.63) is 17.0 Å². The van der Waals surface area contributed by atoms with E-state index in [0.29, 0.717) is 31.7 Å². The summed E-state index contributed by atoms with van der Waals surface area (Å²) in [6.45, 7) is 7.73. The molecule has 0 fully saturated rings. The van der Waals surface area contributed by atoms with Crippen molar-refractivity contribution in [2.24, 2.45) is 7.05 Å². The number of carbonyl (C=O) groups is 2. The molecule has 8 heteroatoms. The van der Waals surface area contributed by atoms with Crippen molar-refractivity contribution in [3.63, 3.8) is 0 Å². The zero-order valence-electron chi connectivity index (χ0n) is 16.0. The molecule has 0 spiro atoms. The molecule has 0 saturated carbocycles. The molecule has 0 unspecified atom stereocenters. The van der Waals surface area contributed by atoms with E-state index in [9.17, 15) is 9.59 Å². The second kappa shape index (κ2) is 7.43. The van der Waals surface area contributed by atoms with Crippen LogP contribution in [0.5, 0.6) is 0 Å². The molecule has 1 aliphatic rings. The Hall–Kier alpha value is -2.09. The Morgan fingerprint density at radius 2 is 2.00 bits per heavy atom. The fourth-order valence-corrected chi connectivity index (χ4v) is 2.73. The van der Waals surface area contributed by atoms with Gasteiger partial charge in [0.05, 0.1) is 6.54 Å². The summed E-state index contributed by atoms with van der Waals surface area (Å²) in [6, 6.07) is 0. The number of ether oxygens (including phenoxy) is 1. The lowest BCUT2D eigenvalue weighted by Crippen LogP contribution is -2.40. The van der Waals surface area contributed by atoms with Crippen LogP contribution in [-0.2, 0) is 24.8 Å². The number of nitrogens with one attached hydrogen (secondary N) is 1. The van der Waals surface area contributed by atoms with Gasteiger partial charge in [0.1, 0.15) is 5.60 Å². The number of hydrogen-bond acceptors (Lipinski definition) is 5. The number of likely N-dealkylation sites (N-methyl/N-ethyl adjacent to an activating group) is 1. The summed E-state index contributed by atoms with van der Waals surface area (Å²) in [5, 5.41) is 7.26. The van der Waals surface area contributed by atoms with Gasteiger partial charge in [-0.15, -0.1) is 0 Å². The van der Waals surface area contributed by atoms with Crippen LogP contribution in [0.25, 0.3) is 0 Å². The van der Waals surface area contributed by atoms with Crippen molar-refractivity contribution in [1.82, 2.24) is 24.9 Å². The molecular formula is C17H29N5O3. The summed E-state index contributed by atoms with van der Waals surface area (Å²) < 4.78 is 7.18. The normalized spacial score (nSPS) is 14.4. The van der Waals surface area contributed by atoms with Crippen LogP contribution in [0.1, 0.15) is 42.5 Å². The standard InChI is InChI=1S/C17H29N5O3/c1-17(2,3)25-16(24)22-9-7-13-12(11-22)14(19-21(13)6)15(23)18-8-10-20(4)5/h7-11H2,1-6H3,(H,18,23). The van der Waals surface area contributed by atoms with E-state index < -0.39 is 5.60 Å². The molecule has 0 atom stereocenters. The summed E-state index contributed by atoms with van der Waals surface area (Å²) in [6.07, 6.45) is 0.296.